The molecule has 0 saturated heterocycles. The summed E-state index contributed by atoms with van der Waals surface area (Å²) in [6.45, 7) is 0. The summed E-state index contributed by atoms with van der Waals surface area (Å²) in [6, 6.07) is 1.00. The molecule has 8 nitrogen and oxygen atoms in total. The predicted molar refractivity (Wildman–Crippen MR) is 43.0 cm³/mol. The first kappa shape index (κ1) is 9.48. The maximum atomic E-state index is 10.2. The molecule has 5 N–H and O–H groups in total. The average Bonchev–Trinajstić information content (AvgIpc) is 1.78. The van der Waals surface area contributed by atoms with E-state index in [9.17, 15) is 8.42 Å². The molecule has 0 bridgehead atoms. The molecule has 9 heteroatoms. The fraction of sp³-hybridized carbons (Fsp3) is 0. The highest BCUT2D eigenvalue weighted by molar-refractivity contribution is 7.81. The van der Waals surface area contributed by atoms with E-state index in [0.717, 1.165) is 6.07 Å². The van der Waals surface area contributed by atoms with E-state index in [4.69, 9.17) is 16.0 Å². The van der Waals surface area contributed by atoms with Crippen molar-refractivity contribution in [2.75, 3.05) is 11.5 Å². The van der Waals surface area contributed by atoms with Crippen molar-refractivity contribution in [1.82, 2.24) is 9.97 Å². The van der Waals surface area contributed by atoms with E-state index in [1.165, 1.54) is 0 Å². The number of aromatic nitrogens is 2. The minimum atomic E-state index is -4.61. The third-order valence-electron chi connectivity index (χ3n) is 0.930. The van der Waals surface area contributed by atoms with Crippen LogP contribution in [0.2, 0.25) is 0 Å². The van der Waals surface area contributed by atoms with Gasteiger partial charge in [0.1, 0.15) is 5.82 Å². The average molecular weight is 206 g/mol. The van der Waals surface area contributed by atoms with E-state index in [1.807, 2.05) is 0 Å². The molecule has 0 spiro atoms. The number of nitrogens with zero attached hydrogens (tertiary/aromatic N) is 2. The van der Waals surface area contributed by atoms with Crippen LogP contribution in [0, 0.1) is 0 Å². The smallest absolute Gasteiger partial charge is 0.383 e. The summed E-state index contributed by atoms with van der Waals surface area (Å²) in [5.74, 6) is -0.752. The van der Waals surface area contributed by atoms with Crippen LogP contribution in [0.5, 0.6) is 5.88 Å². The maximum absolute atomic E-state index is 10.2. The van der Waals surface area contributed by atoms with Crippen molar-refractivity contribution in [3.8, 4) is 5.88 Å². The van der Waals surface area contributed by atoms with Gasteiger partial charge in [-0.15, -0.1) is 0 Å². The van der Waals surface area contributed by atoms with E-state index in [0.29, 0.717) is 0 Å². The standard InChI is InChI=1S/C4H6N4O4S/c5-2-1-3(8-4(6)7-2)12-13(9,10)11/h1H,(H,9,10,11)(H4,5,6,7,8). The summed E-state index contributed by atoms with van der Waals surface area (Å²) < 4.78 is 32.7. The number of hydrogen-bond donors (Lipinski definition) is 3. The second kappa shape index (κ2) is 3.03. The molecule has 0 aliphatic rings. The second-order valence-electron chi connectivity index (χ2n) is 2.00. The van der Waals surface area contributed by atoms with Crippen molar-refractivity contribution >= 4 is 22.2 Å². The third-order valence-corrected chi connectivity index (χ3v) is 1.31. The summed E-state index contributed by atoms with van der Waals surface area (Å²) in [5.41, 5.74) is 10.3. The summed E-state index contributed by atoms with van der Waals surface area (Å²) in [6.07, 6.45) is 0. The summed E-state index contributed by atoms with van der Waals surface area (Å²) in [4.78, 5) is 6.80. The molecule has 0 radical (unpaired) electrons. The topological polar surface area (TPSA) is 141 Å². The van der Waals surface area contributed by atoms with Crippen molar-refractivity contribution in [3.05, 3.63) is 6.07 Å². The Morgan fingerprint density at radius 1 is 1.38 bits per heavy atom. The van der Waals surface area contributed by atoms with Crippen LogP contribution in [0.15, 0.2) is 6.07 Å². The fourth-order valence-corrected chi connectivity index (χ4v) is 0.913. The molecule has 1 heterocycles. The zero-order chi connectivity index (χ0) is 10.1. The Hall–Kier alpha value is -1.61. The van der Waals surface area contributed by atoms with Gasteiger partial charge in [0, 0.05) is 6.07 Å². The first-order chi connectivity index (χ1) is 5.87. The highest BCUT2D eigenvalue weighted by Gasteiger charge is 2.09. The van der Waals surface area contributed by atoms with Crippen LogP contribution < -0.4 is 15.7 Å². The van der Waals surface area contributed by atoms with Gasteiger partial charge in [-0.1, -0.05) is 0 Å². The lowest BCUT2D eigenvalue weighted by Gasteiger charge is -2.01. The monoisotopic (exact) mass is 206 g/mol. The molecule has 0 atom stereocenters. The Kier molecular flexibility index (Phi) is 2.21. The zero-order valence-corrected chi connectivity index (χ0v) is 7.02. The molecule has 1 rings (SSSR count). The SMILES string of the molecule is Nc1cc(OS(=O)(=O)O)nc(N)n1. The minimum Gasteiger partial charge on any atom is -0.383 e. The van der Waals surface area contributed by atoms with Crippen LogP contribution in [0.1, 0.15) is 0 Å². The quantitative estimate of drug-likeness (QED) is 0.513. The Balaban J connectivity index is 3.03. The van der Waals surface area contributed by atoms with E-state index in [-0.39, 0.29) is 11.8 Å². The van der Waals surface area contributed by atoms with Gasteiger partial charge in [0.2, 0.25) is 11.8 Å². The van der Waals surface area contributed by atoms with Gasteiger partial charge in [0.15, 0.2) is 0 Å². The van der Waals surface area contributed by atoms with Crippen LogP contribution >= 0.6 is 0 Å². The molecule has 72 valence electrons. The molecule has 1 aromatic heterocycles. The molecule has 0 aromatic carbocycles. The first-order valence-corrected chi connectivity index (χ1v) is 4.30. The van der Waals surface area contributed by atoms with Crippen molar-refractivity contribution < 1.29 is 17.2 Å². The number of rotatable bonds is 2. The number of nitrogens with two attached hydrogens (primary N) is 2. The van der Waals surface area contributed by atoms with Crippen LogP contribution in [-0.4, -0.2) is 22.9 Å². The van der Waals surface area contributed by atoms with Gasteiger partial charge in [-0.05, 0) is 0 Å². The predicted octanol–water partition coefficient (Wildman–Crippen LogP) is -1.18. The van der Waals surface area contributed by atoms with E-state index in [1.54, 1.807) is 0 Å². The van der Waals surface area contributed by atoms with Gasteiger partial charge >= 0.3 is 10.4 Å². The zero-order valence-electron chi connectivity index (χ0n) is 6.21. The van der Waals surface area contributed by atoms with E-state index < -0.39 is 16.3 Å². The Morgan fingerprint density at radius 2 is 2.00 bits per heavy atom. The third kappa shape index (κ3) is 3.09. The summed E-state index contributed by atoms with van der Waals surface area (Å²) in [5, 5.41) is 0. The minimum absolute atomic E-state index is 0.0637. The van der Waals surface area contributed by atoms with Crippen molar-refractivity contribution in [3.63, 3.8) is 0 Å². The van der Waals surface area contributed by atoms with Gasteiger partial charge in [0.05, 0.1) is 0 Å². The number of nitrogen functional groups attached to an aromatic ring is 2. The lowest BCUT2D eigenvalue weighted by Crippen LogP contribution is -2.09. The molecule has 0 aliphatic heterocycles. The lowest BCUT2D eigenvalue weighted by molar-refractivity contribution is 0.381. The van der Waals surface area contributed by atoms with Crippen LogP contribution in [0.3, 0.4) is 0 Å². The van der Waals surface area contributed by atoms with Gasteiger partial charge in [-0.25, -0.2) is 0 Å². The van der Waals surface area contributed by atoms with Crippen LogP contribution in [0.25, 0.3) is 0 Å². The van der Waals surface area contributed by atoms with Gasteiger partial charge in [0.25, 0.3) is 0 Å². The molecule has 0 saturated carbocycles. The maximum Gasteiger partial charge on any atom is 0.447 e. The summed E-state index contributed by atoms with van der Waals surface area (Å²) in [7, 11) is -4.61. The molecule has 0 aliphatic carbocycles. The second-order valence-corrected chi connectivity index (χ2v) is 3.02. The number of hydrogen-bond acceptors (Lipinski definition) is 7. The van der Waals surface area contributed by atoms with Gasteiger partial charge < -0.3 is 15.7 Å². The van der Waals surface area contributed by atoms with E-state index >= 15 is 0 Å². The molecular formula is C4H6N4O4S. The highest BCUT2D eigenvalue weighted by Crippen LogP contribution is 2.12. The Labute approximate surface area is 73.5 Å². The van der Waals surface area contributed by atoms with Crippen LogP contribution in [-0.2, 0) is 10.4 Å². The molecule has 0 fully saturated rings. The molecular weight excluding hydrogens is 200 g/mol. The lowest BCUT2D eigenvalue weighted by atomic mass is 10.6. The Bertz CT molecular complexity index is 396. The molecule has 0 unspecified atom stereocenters. The largest absolute Gasteiger partial charge is 0.447 e. The van der Waals surface area contributed by atoms with Crippen molar-refractivity contribution in [2.45, 2.75) is 0 Å². The Morgan fingerprint density at radius 3 is 2.46 bits per heavy atom. The fourth-order valence-electron chi connectivity index (χ4n) is 0.612. The molecule has 13 heavy (non-hydrogen) atoms. The summed E-state index contributed by atoms with van der Waals surface area (Å²) >= 11 is 0. The van der Waals surface area contributed by atoms with Crippen LogP contribution in [0.4, 0.5) is 11.8 Å². The highest BCUT2D eigenvalue weighted by atomic mass is 32.3. The van der Waals surface area contributed by atoms with Crippen molar-refractivity contribution in [1.29, 1.82) is 0 Å². The van der Waals surface area contributed by atoms with Gasteiger partial charge in [-0.2, -0.15) is 18.4 Å². The van der Waals surface area contributed by atoms with Gasteiger partial charge in [-0.3, -0.25) is 4.55 Å². The van der Waals surface area contributed by atoms with Crippen molar-refractivity contribution in [2.24, 2.45) is 0 Å². The number of anilines is 2. The van der Waals surface area contributed by atoms with E-state index in [2.05, 4.69) is 14.2 Å². The normalized spacial score (nSPS) is 11.2. The molecule has 1 aromatic rings. The first-order valence-electron chi connectivity index (χ1n) is 2.94. The molecule has 0 amide bonds.